The lowest BCUT2D eigenvalue weighted by Gasteiger charge is -2.09. The number of aryl methyl sites for hydroxylation is 1. The lowest BCUT2D eigenvalue weighted by atomic mass is 9.97. The van der Waals surface area contributed by atoms with Crippen LogP contribution in [0, 0.1) is 6.92 Å². The fourth-order valence-electron chi connectivity index (χ4n) is 4.28. The molecule has 0 aliphatic carbocycles. The van der Waals surface area contributed by atoms with Crippen molar-refractivity contribution >= 4 is 45.8 Å². The van der Waals surface area contributed by atoms with Crippen molar-refractivity contribution < 1.29 is 19.2 Å². The average Bonchev–Trinajstić information content (AvgIpc) is 2.98. The molecule has 0 bridgehead atoms. The van der Waals surface area contributed by atoms with Gasteiger partial charge in [-0.3, -0.25) is 9.59 Å². The molecular weight excluding hydrogens is 518 g/mol. The summed E-state index contributed by atoms with van der Waals surface area (Å²) in [5.41, 5.74) is 3.22. The van der Waals surface area contributed by atoms with E-state index in [1.54, 1.807) is 24.3 Å². The highest BCUT2D eigenvalue weighted by Gasteiger charge is 2.20. The van der Waals surface area contributed by atoms with Gasteiger partial charge in [-0.15, -0.1) is 0 Å². The minimum absolute atomic E-state index is 0.0231. The third-order valence-electron chi connectivity index (χ3n) is 6.36. The van der Waals surface area contributed by atoms with E-state index in [-0.39, 0.29) is 17.3 Å². The van der Waals surface area contributed by atoms with Gasteiger partial charge in [0.05, 0.1) is 0 Å². The number of carbonyl (C=O) groups excluding carboxylic acids is 3. The Kier molecular flexibility index (Phi) is 7.99. The predicted octanol–water partition coefficient (Wildman–Crippen LogP) is 7.68. The number of hydrogen-bond acceptors (Lipinski definition) is 6. The molecule has 0 amide bonds. The normalized spacial score (nSPS) is 11.3. The molecule has 0 atom stereocenters. The zero-order chi connectivity index (χ0) is 28.1. The van der Waals surface area contributed by atoms with Crippen LogP contribution in [-0.4, -0.2) is 23.2 Å². The standard InChI is InChI=1S/C34H25NO4S/c1-22-7-3-6-10-31(22)32(35-39-23(2)36)34(38)26-15-19-30(20-16-26)40-29-17-13-25(14-18-29)33(37)28-12-11-24-8-4-5-9-27(24)21-28/h3-21H,1-2H3/b35-32+. The van der Waals surface area contributed by atoms with Gasteiger partial charge in [0.1, 0.15) is 0 Å². The Labute approximate surface area is 236 Å². The molecule has 0 aliphatic rings. The number of carbonyl (C=O) groups is 3. The molecule has 0 aromatic heterocycles. The number of rotatable bonds is 8. The summed E-state index contributed by atoms with van der Waals surface area (Å²) in [5, 5.41) is 6.00. The summed E-state index contributed by atoms with van der Waals surface area (Å²) in [6.07, 6.45) is 0. The number of Topliss-reactive ketones (excluding diaryl/α,β-unsaturated/α-hetero) is 1. The van der Waals surface area contributed by atoms with Gasteiger partial charge in [0, 0.05) is 39.0 Å². The van der Waals surface area contributed by atoms with Gasteiger partial charge in [-0.05, 0) is 77.9 Å². The SMILES string of the molecule is CC(=O)O/N=C(/C(=O)c1ccc(Sc2ccc(C(=O)c3ccc4ccccc4c3)cc2)cc1)c1ccccc1C. The Morgan fingerprint density at radius 2 is 1.23 bits per heavy atom. The molecular formula is C34H25NO4S. The van der Waals surface area contributed by atoms with Gasteiger partial charge in [0.15, 0.2) is 11.5 Å². The van der Waals surface area contributed by atoms with Crippen LogP contribution >= 0.6 is 11.8 Å². The van der Waals surface area contributed by atoms with E-state index in [0.29, 0.717) is 22.3 Å². The van der Waals surface area contributed by atoms with E-state index in [9.17, 15) is 14.4 Å². The Bertz CT molecular complexity index is 1760. The van der Waals surface area contributed by atoms with Crippen molar-refractivity contribution in [3.8, 4) is 0 Å². The molecule has 0 saturated heterocycles. The number of ketones is 2. The van der Waals surface area contributed by atoms with Crippen LogP contribution in [-0.2, 0) is 9.63 Å². The molecule has 5 nitrogen and oxygen atoms in total. The van der Waals surface area contributed by atoms with Crippen molar-refractivity contribution in [1.82, 2.24) is 0 Å². The van der Waals surface area contributed by atoms with E-state index >= 15 is 0 Å². The van der Waals surface area contributed by atoms with Crippen molar-refractivity contribution in [2.75, 3.05) is 0 Å². The van der Waals surface area contributed by atoms with Crippen LogP contribution in [0.1, 0.15) is 44.3 Å². The Hall–Kier alpha value is -4.81. The van der Waals surface area contributed by atoms with Crippen LogP contribution in [0.5, 0.6) is 0 Å². The van der Waals surface area contributed by atoms with Crippen LogP contribution in [0.25, 0.3) is 10.8 Å². The third kappa shape index (κ3) is 6.08. The molecule has 5 rings (SSSR count). The molecule has 0 unspecified atom stereocenters. The summed E-state index contributed by atoms with van der Waals surface area (Å²) in [6.45, 7) is 3.10. The zero-order valence-electron chi connectivity index (χ0n) is 22.0. The summed E-state index contributed by atoms with van der Waals surface area (Å²) in [7, 11) is 0. The number of benzene rings is 5. The predicted molar refractivity (Wildman–Crippen MR) is 158 cm³/mol. The van der Waals surface area contributed by atoms with Crippen molar-refractivity contribution in [3.63, 3.8) is 0 Å². The zero-order valence-corrected chi connectivity index (χ0v) is 22.8. The molecule has 0 spiro atoms. The van der Waals surface area contributed by atoms with Crippen molar-refractivity contribution in [1.29, 1.82) is 0 Å². The number of oxime groups is 1. The summed E-state index contributed by atoms with van der Waals surface area (Å²) < 4.78 is 0. The fourth-order valence-corrected chi connectivity index (χ4v) is 5.10. The second-order valence-corrected chi connectivity index (χ2v) is 10.4. The maximum absolute atomic E-state index is 13.3. The quantitative estimate of drug-likeness (QED) is 0.0869. The molecule has 0 aliphatic heterocycles. The van der Waals surface area contributed by atoms with Crippen molar-refractivity contribution in [2.45, 2.75) is 23.6 Å². The maximum Gasteiger partial charge on any atom is 0.332 e. The topological polar surface area (TPSA) is 72.8 Å². The second-order valence-electron chi connectivity index (χ2n) is 9.21. The highest BCUT2D eigenvalue weighted by Crippen LogP contribution is 2.29. The lowest BCUT2D eigenvalue weighted by Crippen LogP contribution is -2.18. The van der Waals surface area contributed by atoms with Crippen LogP contribution < -0.4 is 0 Å². The first-order valence-electron chi connectivity index (χ1n) is 12.7. The third-order valence-corrected chi connectivity index (χ3v) is 7.38. The van der Waals surface area contributed by atoms with E-state index in [0.717, 1.165) is 26.1 Å². The van der Waals surface area contributed by atoms with Gasteiger partial charge in [-0.1, -0.05) is 77.6 Å². The summed E-state index contributed by atoms with van der Waals surface area (Å²) in [5.74, 6) is -0.968. The summed E-state index contributed by atoms with van der Waals surface area (Å²) in [6, 6.07) is 35.7. The van der Waals surface area contributed by atoms with E-state index in [1.165, 1.54) is 18.7 Å². The first-order valence-corrected chi connectivity index (χ1v) is 13.5. The largest absolute Gasteiger partial charge is 0.332 e. The van der Waals surface area contributed by atoms with Gasteiger partial charge in [-0.2, -0.15) is 0 Å². The first-order chi connectivity index (χ1) is 19.4. The number of hydrogen-bond donors (Lipinski definition) is 0. The Balaban J connectivity index is 1.30. The van der Waals surface area contributed by atoms with Crippen molar-refractivity contribution in [2.24, 2.45) is 5.16 Å². The highest BCUT2D eigenvalue weighted by molar-refractivity contribution is 7.99. The molecule has 0 saturated carbocycles. The molecule has 196 valence electrons. The van der Waals surface area contributed by atoms with Gasteiger partial charge in [0.25, 0.3) is 0 Å². The molecule has 6 heteroatoms. The molecule has 0 heterocycles. The van der Waals surface area contributed by atoms with Gasteiger partial charge >= 0.3 is 5.97 Å². The number of nitrogens with zero attached hydrogens (tertiary/aromatic N) is 1. The maximum atomic E-state index is 13.3. The minimum Gasteiger partial charge on any atom is -0.318 e. The van der Waals surface area contributed by atoms with Gasteiger partial charge in [-0.25, -0.2) is 4.79 Å². The second kappa shape index (κ2) is 11.9. The molecule has 0 N–H and O–H groups in total. The number of fused-ring (bicyclic) bond motifs is 1. The molecule has 0 radical (unpaired) electrons. The monoisotopic (exact) mass is 543 g/mol. The summed E-state index contributed by atoms with van der Waals surface area (Å²) >= 11 is 1.53. The van der Waals surface area contributed by atoms with Crippen LogP contribution in [0.15, 0.2) is 130 Å². The summed E-state index contributed by atoms with van der Waals surface area (Å²) in [4.78, 5) is 44.4. The Morgan fingerprint density at radius 1 is 0.650 bits per heavy atom. The highest BCUT2D eigenvalue weighted by atomic mass is 32.2. The van der Waals surface area contributed by atoms with E-state index in [4.69, 9.17) is 4.84 Å². The van der Waals surface area contributed by atoms with Crippen LogP contribution in [0.3, 0.4) is 0 Å². The van der Waals surface area contributed by atoms with E-state index in [2.05, 4.69) is 5.16 Å². The van der Waals surface area contributed by atoms with E-state index < -0.39 is 5.97 Å². The smallest absolute Gasteiger partial charge is 0.318 e. The molecule has 5 aromatic rings. The van der Waals surface area contributed by atoms with E-state index in [1.807, 2.05) is 97.9 Å². The van der Waals surface area contributed by atoms with Crippen LogP contribution in [0.2, 0.25) is 0 Å². The van der Waals surface area contributed by atoms with Crippen LogP contribution in [0.4, 0.5) is 0 Å². The van der Waals surface area contributed by atoms with Gasteiger partial charge < -0.3 is 4.84 Å². The fraction of sp³-hybridized carbons (Fsp3) is 0.0588. The van der Waals surface area contributed by atoms with Crippen molar-refractivity contribution in [3.05, 3.63) is 143 Å². The Morgan fingerprint density at radius 3 is 1.88 bits per heavy atom. The molecule has 40 heavy (non-hydrogen) atoms. The lowest BCUT2D eigenvalue weighted by molar-refractivity contribution is -0.140. The molecule has 5 aromatic carbocycles. The molecule has 0 fully saturated rings. The first kappa shape index (κ1) is 26.8. The average molecular weight is 544 g/mol. The minimum atomic E-state index is -0.601. The van der Waals surface area contributed by atoms with Gasteiger partial charge in [0.2, 0.25) is 5.78 Å².